The zero-order valence-corrected chi connectivity index (χ0v) is 6.50. The smallest absolute Gasteiger partial charge is 0.177 e. The molecule has 1 aromatic heterocycles. The molecule has 1 rings (SSSR count). The molecule has 0 amide bonds. The largest absolute Gasteiger partial charge is 0.545 e. The van der Waals surface area contributed by atoms with E-state index in [0.29, 0.717) is 0 Å². The molecule has 0 unspecified atom stereocenters. The van der Waals surface area contributed by atoms with Crippen molar-refractivity contribution in [3.8, 4) is 0 Å². The van der Waals surface area contributed by atoms with Gasteiger partial charge in [-0.1, -0.05) is 0 Å². The molecule has 11 heavy (non-hydrogen) atoms. The molecule has 0 saturated heterocycles. The first-order valence-corrected chi connectivity index (χ1v) is 3.28. The number of aryl methyl sites for hydroxylation is 2. The Morgan fingerprint density at radius 1 is 1.64 bits per heavy atom. The van der Waals surface area contributed by atoms with Gasteiger partial charge in [0.1, 0.15) is 7.05 Å². The molecule has 1 aromatic rings. The van der Waals surface area contributed by atoms with Crippen LogP contribution in [0.5, 0.6) is 0 Å². The summed E-state index contributed by atoms with van der Waals surface area (Å²) >= 11 is 0. The molecule has 0 atom stereocenters. The van der Waals surface area contributed by atoms with Crippen LogP contribution >= 0.6 is 0 Å². The number of carboxylic acids is 1. The predicted octanol–water partition coefficient (Wildman–Crippen LogP) is -0.817. The molecule has 0 aliphatic carbocycles. The van der Waals surface area contributed by atoms with E-state index in [-0.39, 0.29) is 5.56 Å². The summed E-state index contributed by atoms with van der Waals surface area (Å²) in [7, 11) is 1.77. The molecule has 3 nitrogen and oxygen atoms in total. The summed E-state index contributed by atoms with van der Waals surface area (Å²) in [5.74, 6) is -1.13. The fourth-order valence-electron chi connectivity index (χ4n) is 0.881. The lowest BCUT2D eigenvalue weighted by Crippen LogP contribution is -2.32. The van der Waals surface area contributed by atoms with Crippen LogP contribution in [0.4, 0.5) is 0 Å². The molecule has 1 heterocycles. The van der Waals surface area contributed by atoms with Gasteiger partial charge < -0.3 is 9.90 Å². The van der Waals surface area contributed by atoms with Gasteiger partial charge in [-0.15, -0.1) is 0 Å². The zero-order valence-electron chi connectivity index (χ0n) is 6.50. The first kappa shape index (κ1) is 7.72. The second-order valence-electron chi connectivity index (χ2n) is 2.49. The summed E-state index contributed by atoms with van der Waals surface area (Å²) in [6, 6.07) is 1.74. The van der Waals surface area contributed by atoms with E-state index in [1.807, 2.05) is 0 Å². The van der Waals surface area contributed by atoms with Gasteiger partial charge in [-0.25, -0.2) is 4.57 Å². The lowest BCUT2D eigenvalue weighted by Gasteiger charge is -2.02. The third kappa shape index (κ3) is 1.55. The molecule has 0 radical (unpaired) electrons. The molecule has 0 N–H and O–H groups in total. The SMILES string of the molecule is Cc1cc[n+](C)cc1C(=O)[O-]. The molecular weight excluding hydrogens is 142 g/mol. The summed E-state index contributed by atoms with van der Waals surface area (Å²) in [5.41, 5.74) is 0.970. The van der Waals surface area contributed by atoms with Gasteiger partial charge in [-0.2, -0.15) is 0 Å². The van der Waals surface area contributed by atoms with E-state index in [9.17, 15) is 9.90 Å². The summed E-state index contributed by atoms with van der Waals surface area (Å²) in [6.07, 6.45) is 3.33. The Morgan fingerprint density at radius 2 is 2.27 bits per heavy atom. The number of carbonyl (C=O) groups is 1. The lowest BCUT2D eigenvalue weighted by atomic mass is 10.2. The van der Waals surface area contributed by atoms with Crippen molar-refractivity contribution in [3.63, 3.8) is 0 Å². The van der Waals surface area contributed by atoms with Gasteiger partial charge in [-0.05, 0) is 12.5 Å². The summed E-state index contributed by atoms with van der Waals surface area (Å²) in [5, 5.41) is 10.4. The van der Waals surface area contributed by atoms with E-state index in [1.54, 1.807) is 30.8 Å². The fourth-order valence-corrected chi connectivity index (χ4v) is 0.881. The number of hydrogen-bond donors (Lipinski definition) is 0. The highest BCUT2D eigenvalue weighted by molar-refractivity contribution is 5.86. The van der Waals surface area contributed by atoms with Gasteiger partial charge in [-0.3, -0.25) is 0 Å². The van der Waals surface area contributed by atoms with E-state index < -0.39 is 5.97 Å². The Bertz CT molecular complexity index is 294. The van der Waals surface area contributed by atoms with Crippen LogP contribution in [-0.2, 0) is 7.05 Å². The number of carbonyl (C=O) groups excluding carboxylic acids is 1. The zero-order chi connectivity index (χ0) is 8.43. The Hall–Kier alpha value is -1.38. The highest BCUT2D eigenvalue weighted by Gasteiger charge is 2.02. The molecule has 0 aliphatic heterocycles. The maximum atomic E-state index is 10.4. The average Bonchev–Trinajstić information content (AvgIpc) is 1.94. The number of aromatic carboxylic acids is 1. The summed E-state index contributed by atoms with van der Waals surface area (Å²) in [6.45, 7) is 1.74. The van der Waals surface area contributed by atoms with Crippen LogP contribution in [0.1, 0.15) is 15.9 Å². The number of carboxylic acid groups (broad SMARTS) is 1. The van der Waals surface area contributed by atoms with Crippen molar-refractivity contribution in [2.45, 2.75) is 6.92 Å². The molecule has 0 spiro atoms. The topological polar surface area (TPSA) is 44.0 Å². The molecule has 58 valence electrons. The highest BCUT2D eigenvalue weighted by atomic mass is 16.4. The van der Waals surface area contributed by atoms with Crippen molar-refractivity contribution in [2.24, 2.45) is 7.05 Å². The number of hydrogen-bond acceptors (Lipinski definition) is 2. The second kappa shape index (κ2) is 2.70. The van der Waals surface area contributed by atoms with Crippen molar-refractivity contribution in [3.05, 3.63) is 29.6 Å². The molecule has 0 saturated carbocycles. The van der Waals surface area contributed by atoms with Gasteiger partial charge in [0, 0.05) is 6.07 Å². The van der Waals surface area contributed by atoms with E-state index in [1.165, 1.54) is 6.20 Å². The summed E-state index contributed by atoms with van der Waals surface area (Å²) in [4.78, 5) is 10.4. The Balaban J connectivity index is 3.23. The molecule has 0 fully saturated rings. The molecule has 0 bridgehead atoms. The lowest BCUT2D eigenvalue weighted by molar-refractivity contribution is -0.671. The van der Waals surface area contributed by atoms with Crippen LogP contribution < -0.4 is 9.67 Å². The van der Waals surface area contributed by atoms with Crippen molar-refractivity contribution >= 4 is 5.97 Å². The fraction of sp³-hybridized carbons (Fsp3) is 0.250. The van der Waals surface area contributed by atoms with Crippen LogP contribution in [-0.4, -0.2) is 5.97 Å². The van der Waals surface area contributed by atoms with Gasteiger partial charge in [0.2, 0.25) is 0 Å². The molecule has 0 aromatic carbocycles. The van der Waals surface area contributed by atoms with Crippen LogP contribution in [0, 0.1) is 6.92 Å². The van der Waals surface area contributed by atoms with Crippen molar-refractivity contribution < 1.29 is 14.5 Å². The third-order valence-electron chi connectivity index (χ3n) is 1.54. The minimum Gasteiger partial charge on any atom is -0.545 e. The predicted molar refractivity (Wildman–Crippen MR) is 36.7 cm³/mol. The number of rotatable bonds is 1. The number of nitrogens with zero attached hydrogens (tertiary/aromatic N) is 1. The first-order chi connectivity index (χ1) is 5.11. The van der Waals surface area contributed by atoms with Crippen LogP contribution in [0.3, 0.4) is 0 Å². The monoisotopic (exact) mass is 151 g/mol. The van der Waals surface area contributed by atoms with E-state index >= 15 is 0 Å². The van der Waals surface area contributed by atoms with Crippen LogP contribution in [0.15, 0.2) is 18.5 Å². The van der Waals surface area contributed by atoms with Gasteiger partial charge in [0.05, 0.1) is 11.5 Å². The van der Waals surface area contributed by atoms with E-state index in [0.717, 1.165) is 5.56 Å². The van der Waals surface area contributed by atoms with Gasteiger partial charge in [0.25, 0.3) is 0 Å². The minimum atomic E-state index is -1.13. The van der Waals surface area contributed by atoms with Crippen molar-refractivity contribution in [1.29, 1.82) is 0 Å². The Labute approximate surface area is 64.9 Å². The van der Waals surface area contributed by atoms with E-state index in [2.05, 4.69) is 0 Å². The standard InChI is InChI=1S/C8H9NO2/c1-6-3-4-9(2)5-7(6)8(10)11/h3-5H,1-2H3. The first-order valence-electron chi connectivity index (χ1n) is 3.28. The molecular formula is C8H9NO2. The maximum absolute atomic E-state index is 10.4. The second-order valence-corrected chi connectivity index (χ2v) is 2.49. The molecule has 3 heteroatoms. The normalized spacial score (nSPS) is 9.64. The van der Waals surface area contributed by atoms with Gasteiger partial charge in [0.15, 0.2) is 12.4 Å². The van der Waals surface area contributed by atoms with Crippen LogP contribution in [0.2, 0.25) is 0 Å². The Kier molecular flexibility index (Phi) is 1.89. The van der Waals surface area contributed by atoms with E-state index in [4.69, 9.17) is 0 Å². The van der Waals surface area contributed by atoms with Gasteiger partial charge >= 0.3 is 0 Å². The highest BCUT2D eigenvalue weighted by Crippen LogP contribution is 2.00. The average molecular weight is 151 g/mol. The summed E-state index contributed by atoms with van der Waals surface area (Å²) < 4.78 is 1.68. The molecule has 0 aliphatic rings. The third-order valence-corrected chi connectivity index (χ3v) is 1.54. The Morgan fingerprint density at radius 3 is 2.73 bits per heavy atom. The maximum Gasteiger partial charge on any atom is 0.177 e. The van der Waals surface area contributed by atoms with Crippen molar-refractivity contribution in [2.75, 3.05) is 0 Å². The van der Waals surface area contributed by atoms with Crippen LogP contribution in [0.25, 0.3) is 0 Å². The van der Waals surface area contributed by atoms with Crippen molar-refractivity contribution in [1.82, 2.24) is 0 Å². The quantitative estimate of drug-likeness (QED) is 0.492. The minimum absolute atomic E-state index is 0.245. The number of pyridine rings is 1. The number of aromatic nitrogens is 1.